The summed E-state index contributed by atoms with van der Waals surface area (Å²) in [6, 6.07) is 5.20. The van der Waals surface area contributed by atoms with Crippen molar-refractivity contribution in [2.75, 3.05) is 18.6 Å². The molecule has 1 aromatic rings. The van der Waals surface area contributed by atoms with Crippen LogP contribution < -0.4 is 5.01 Å². The number of rotatable bonds is 0. The van der Waals surface area contributed by atoms with Crippen LogP contribution in [0.15, 0.2) is 18.2 Å². The molecule has 23 heavy (non-hydrogen) atoms. The fourth-order valence-electron chi connectivity index (χ4n) is 3.84. The summed E-state index contributed by atoms with van der Waals surface area (Å²) >= 11 is 6.12. The van der Waals surface area contributed by atoms with Gasteiger partial charge in [0.15, 0.2) is 5.54 Å². The molecule has 1 unspecified atom stereocenters. The van der Waals surface area contributed by atoms with Gasteiger partial charge in [-0.25, -0.2) is 5.01 Å². The number of anilines is 1. The van der Waals surface area contributed by atoms with Crippen molar-refractivity contribution in [3.63, 3.8) is 0 Å². The zero-order valence-corrected chi connectivity index (χ0v) is 13.8. The highest BCUT2D eigenvalue weighted by Crippen LogP contribution is 2.55. The second-order valence-corrected chi connectivity index (χ2v) is 7.45. The number of imide groups is 1. The van der Waals surface area contributed by atoms with Crippen LogP contribution >= 0.6 is 11.6 Å². The molecule has 0 saturated carbocycles. The molecule has 7 heteroatoms. The zero-order chi connectivity index (χ0) is 16.7. The number of likely N-dealkylation sites (N-methyl/N-ethyl adjacent to an activating group) is 1. The van der Waals surface area contributed by atoms with Crippen LogP contribution in [0.4, 0.5) is 5.69 Å². The van der Waals surface area contributed by atoms with E-state index in [1.54, 1.807) is 23.2 Å². The van der Waals surface area contributed by atoms with E-state index < -0.39 is 11.0 Å². The summed E-state index contributed by atoms with van der Waals surface area (Å²) in [5.41, 5.74) is -0.491. The number of hydrazine groups is 1. The van der Waals surface area contributed by atoms with E-state index in [2.05, 4.69) is 0 Å². The number of halogens is 1. The molecule has 0 radical (unpaired) electrons. The standard InChI is InChI=1S/C16H16ClN3O3/c1-15(2)8-19-11-6-9(17)4-5-10(11)16(20(19)13(15)22)7-12(21)18(3)14(16)23/h4-6H,7-8H2,1-3H3. The number of likely N-dealkylation sites (tertiary alicyclic amines) is 1. The Morgan fingerprint density at radius 3 is 2.43 bits per heavy atom. The van der Waals surface area contributed by atoms with E-state index in [4.69, 9.17) is 11.6 Å². The first-order valence-electron chi connectivity index (χ1n) is 7.43. The summed E-state index contributed by atoms with van der Waals surface area (Å²) < 4.78 is 0. The number of amides is 3. The first-order valence-corrected chi connectivity index (χ1v) is 7.81. The van der Waals surface area contributed by atoms with E-state index >= 15 is 0 Å². The third kappa shape index (κ3) is 1.52. The Morgan fingerprint density at radius 2 is 1.83 bits per heavy atom. The first kappa shape index (κ1) is 14.5. The lowest BCUT2D eigenvalue weighted by atomic mass is 9.84. The summed E-state index contributed by atoms with van der Waals surface area (Å²) in [4.78, 5) is 39.2. The van der Waals surface area contributed by atoms with Crippen molar-refractivity contribution in [1.29, 1.82) is 0 Å². The Morgan fingerprint density at radius 1 is 1.13 bits per heavy atom. The zero-order valence-electron chi connectivity index (χ0n) is 13.1. The molecule has 3 aliphatic rings. The number of nitrogens with zero attached hydrogens (tertiary/aromatic N) is 3. The van der Waals surface area contributed by atoms with Crippen LogP contribution in [0, 0.1) is 5.41 Å². The van der Waals surface area contributed by atoms with Crippen LogP contribution in [0.3, 0.4) is 0 Å². The number of carbonyl (C=O) groups is 3. The summed E-state index contributed by atoms with van der Waals surface area (Å²) in [7, 11) is 1.46. The van der Waals surface area contributed by atoms with Crippen molar-refractivity contribution >= 4 is 35.0 Å². The smallest absolute Gasteiger partial charge is 0.262 e. The van der Waals surface area contributed by atoms with Gasteiger partial charge in [-0.1, -0.05) is 17.7 Å². The minimum atomic E-state index is -1.27. The molecule has 6 nitrogen and oxygen atoms in total. The predicted molar refractivity (Wildman–Crippen MR) is 83.5 cm³/mol. The maximum atomic E-state index is 13.0. The van der Waals surface area contributed by atoms with Crippen molar-refractivity contribution in [3.05, 3.63) is 28.8 Å². The van der Waals surface area contributed by atoms with Crippen LogP contribution in [0.25, 0.3) is 0 Å². The number of hydrogen-bond acceptors (Lipinski definition) is 4. The van der Waals surface area contributed by atoms with Gasteiger partial charge in [0.2, 0.25) is 11.8 Å². The summed E-state index contributed by atoms with van der Waals surface area (Å²) in [6.07, 6.45) is -0.0325. The molecule has 0 aromatic heterocycles. The molecule has 1 aromatic carbocycles. The third-order valence-corrected chi connectivity index (χ3v) is 5.28. The molecule has 0 aliphatic carbocycles. The quantitative estimate of drug-likeness (QED) is 0.676. The lowest BCUT2D eigenvalue weighted by molar-refractivity contribution is -0.149. The second kappa shape index (κ2) is 4.06. The van der Waals surface area contributed by atoms with E-state index in [-0.39, 0.29) is 24.1 Å². The van der Waals surface area contributed by atoms with Gasteiger partial charge in [-0.05, 0) is 26.0 Å². The average Bonchev–Trinajstić information content (AvgIpc) is 2.97. The summed E-state index contributed by atoms with van der Waals surface area (Å²) in [5.74, 6) is -0.795. The highest BCUT2D eigenvalue weighted by atomic mass is 35.5. The van der Waals surface area contributed by atoms with Crippen molar-refractivity contribution < 1.29 is 14.4 Å². The first-order chi connectivity index (χ1) is 10.7. The number of hydrogen-bond donors (Lipinski definition) is 0. The molecule has 120 valence electrons. The molecule has 3 aliphatic heterocycles. The SMILES string of the molecule is CN1C(=O)CC2(C1=O)c1ccc(Cl)cc1N1CC(C)(C)C(=O)N12. The largest absolute Gasteiger partial charge is 0.283 e. The molecule has 2 saturated heterocycles. The Labute approximate surface area is 138 Å². The van der Waals surface area contributed by atoms with E-state index in [9.17, 15) is 14.4 Å². The van der Waals surface area contributed by atoms with Crippen LogP contribution in [-0.4, -0.2) is 41.2 Å². The maximum absolute atomic E-state index is 13.0. The van der Waals surface area contributed by atoms with Crippen LogP contribution in [0.2, 0.25) is 5.02 Å². The molecule has 3 heterocycles. The number of benzene rings is 1. The molecule has 1 atom stereocenters. The molecular formula is C16H16ClN3O3. The monoisotopic (exact) mass is 333 g/mol. The fraction of sp³-hybridized carbons (Fsp3) is 0.438. The Bertz CT molecular complexity index is 791. The topological polar surface area (TPSA) is 60.9 Å². The molecule has 1 spiro atoms. The Balaban J connectivity index is 2.01. The third-order valence-electron chi connectivity index (χ3n) is 5.04. The van der Waals surface area contributed by atoms with Gasteiger partial charge in [-0.15, -0.1) is 0 Å². The van der Waals surface area contributed by atoms with E-state index in [1.165, 1.54) is 12.1 Å². The van der Waals surface area contributed by atoms with Gasteiger partial charge >= 0.3 is 0 Å². The van der Waals surface area contributed by atoms with E-state index in [0.29, 0.717) is 17.1 Å². The van der Waals surface area contributed by atoms with Crippen molar-refractivity contribution in [2.45, 2.75) is 25.8 Å². The van der Waals surface area contributed by atoms with Gasteiger partial charge in [0, 0.05) is 17.6 Å². The number of fused-ring (bicyclic) bond motifs is 5. The molecule has 3 amide bonds. The number of carbonyl (C=O) groups excluding carboxylic acids is 3. The van der Waals surface area contributed by atoms with Gasteiger partial charge in [0.1, 0.15) is 0 Å². The predicted octanol–water partition coefficient (Wildman–Crippen LogP) is 1.53. The van der Waals surface area contributed by atoms with E-state index in [0.717, 1.165) is 10.6 Å². The molecule has 0 N–H and O–H groups in total. The van der Waals surface area contributed by atoms with E-state index in [1.807, 2.05) is 13.8 Å². The van der Waals surface area contributed by atoms with Gasteiger partial charge in [-0.3, -0.25) is 24.3 Å². The van der Waals surface area contributed by atoms with Crippen molar-refractivity contribution in [1.82, 2.24) is 9.91 Å². The molecular weight excluding hydrogens is 318 g/mol. The van der Waals surface area contributed by atoms with Crippen LogP contribution in [0.1, 0.15) is 25.8 Å². The fourth-order valence-corrected chi connectivity index (χ4v) is 4.01. The van der Waals surface area contributed by atoms with Crippen LogP contribution in [0.5, 0.6) is 0 Å². The lowest BCUT2D eigenvalue weighted by Gasteiger charge is -2.33. The molecule has 0 bridgehead atoms. The van der Waals surface area contributed by atoms with Crippen molar-refractivity contribution in [2.24, 2.45) is 5.41 Å². The van der Waals surface area contributed by atoms with Crippen LogP contribution in [-0.2, 0) is 19.9 Å². The Hall–Kier alpha value is -2.08. The Kier molecular flexibility index (Phi) is 2.56. The van der Waals surface area contributed by atoms with Gasteiger partial charge in [0.25, 0.3) is 5.91 Å². The second-order valence-electron chi connectivity index (χ2n) is 7.01. The lowest BCUT2D eigenvalue weighted by Crippen LogP contribution is -2.53. The summed E-state index contributed by atoms with van der Waals surface area (Å²) in [6.45, 7) is 4.14. The van der Waals surface area contributed by atoms with Gasteiger partial charge in [-0.2, -0.15) is 0 Å². The average molecular weight is 334 g/mol. The molecule has 4 rings (SSSR count). The highest BCUT2D eigenvalue weighted by molar-refractivity contribution is 6.31. The molecule has 2 fully saturated rings. The normalized spacial score (nSPS) is 28.2. The minimum absolute atomic E-state index is 0.0325. The maximum Gasteiger partial charge on any atom is 0.262 e. The highest BCUT2D eigenvalue weighted by Gasteiger charge is 2.67. The summed E-state index contributed by atoms with van der Waals surface area (Å²) in [5, 5.41) is 3.81. The van der Waals surface area contributed by atoms with Gasteiger partial charge < -0.3 is 0 Å². The van der Waals surface area contributed by atoms with Gasteiger partial charge in [0.05, 0.1) is 24.1 Å². The van der Waals surface area contributed by atoms with Crippen molar-refractivity contribution in [3.8, 4) is 0 Å². The minimum Gasteiger partial charge on any atom is -0.283 e.